The Morgan fingerprint density at radius 3 is 2.50 bits per heavy atom. The lowest BCUT2D eigenvalue weighted by Crippen LogP contribution is -2.16. The Labute approximate surface area is 120 Å². The average Bonchev–Trinajstić information content (AvgIpc) is 2.95. The van der Waals surface area contributed by atoms with Gasteiger partial charge in [0, 0.05) is 5.02 Å². The summed E-state index contributed by atoms with van der Waals surface area (Å²) in [6, 6.07) is 4.26. The Morgan fingerprint density at radius 2 is 1.89 bits per heavy atom. The summed E-state index contributed by atoms with van der Waals surface area (Å²) in [5.74, 6) is 2.51. The quantitative estimate of drug-likeness (QED) is 0.613. The van der Waals surface area contributed by atoms with Crippen molar-refractivity contribution in [3.63, 3.8) is 0 Å². The summed E-state index contributed by atoms with van der Waals surface area (Å²) >= 11 is 13.0. The van der Waals surface area contributed by atoms with Gasteiger partial charge in [-0.05, 0) is 73.6 Å². The predicted molar refractivity (Wildman–Crippen MR) is 78.5 cm³/mol. The van der Waals surface area contributed by atoms with Crippen molar-refractivity contribution in [3.05, 3.63) is 33.8 Å². The highest BCUT2D eigenvalue weighted by Crippen LogP contribution is 2.54. The number of hydrogen-bond acceptors (Lipinski definition) is 0. The molecule has 2 aliphatic rings. The Bertz CT molecular complexity index is 466. The minimum absolute atomic E-state index is 0.177. The highest BCUT2D eigenvalue weighted by molar-refractivity contribution is 6.31. The lowest BCUT2D eigenvalue weighted by atomic mass is 9.82. The van der Waals surface area contributed by atoms with Crippen molar-refractivity contribution in [2.75, 3.05) is 0 Å². The Kier molecular flexibility index (Phi) is 3.36. The Morgan fingerprint density at radius 1 is 1.11 bits per heavy atom. The third kappa shape index (κ3) is 2.08. The van der Waals surface area contributed by atoms with E-state index in [0.29, 0.717) is 5.92 Å². The van der Waals surface area contributed by atoms with E-state index in [-0.39, 0.29) is 5.38 Å². The second-order valence-corrected chi connectivity index (χ2v) is 7.08. The summed E-state index contributed by atoms with van der Waals surface area (Å²) in [5, 5.41) is 1.03. The van der Waals surface area contributed by atoms with Crippen LogP contribution in [-0.2, 0) is 0 Å². The van der Waals surface area contributed by atoms with E-state index in [1.54, 1.807) is 0 Å². The third-order valence-electron chi connectivity index (χ3n) is 5.01. The predicted octanol–water partition coefficient (Wildman–Crippen LogP) is 5.67. The Hall–Kier alpha value is -0.200. The minimum Gasteiger partial charge on any atom is -0.118 e. The molecule has 0 amide bonds. The van der Waals surface area contributed by atoms with Gasteiger partial charge in [-0.25, -0.2) is 0 Å². The van der Waals surface area contributed by atoms with Gasteiger partial charge in [-0.15, -0.1) is 11.6 Å². The van der Waals surface area contributed by atoms with Crippen molar-refractivity contribution in [2.45, 2.75) is 44.9 Å². The summed E-state index contributed by atoms with van der Waals surface area (Å²) in [5.41, 5.74) is 3.69. The van der Waals surface area contributed by atoms with Gasteiger partial charge in [-0.2, -0.15) is 0 Å². The molecule has 1 aromatic rings. The first-order valence-corrected chi connectivity index (χ1v) is 7.78. The number of aryl methyl sites for hydroxylation is 2. The normalized spacial score (nSPS) is 31.9. The largest absolute Gasteiger partial charge is 0.118 e. The van der Waals surface area contributed by atoms with Gasteiger partial charge >= 0.3 is 0 Å². The lowest BCUT2D eigenvalue weighted by Gasteiger charge is -2.28. The van der Waals surface area contributed by atoms with Crippen LogP contribution in [0.15, 0.2) is 12.1 Å². The minimum atomic E-state index is 0.177. The average molecular weight is 283 g/mol. The number of hydrogen-bond donors (Lipinski definition) is 0. The Balaban J connectivity index is 1.88. The standard InChI is InChI=1S/C16H20Cl2/c1-9-6-15(17)10(2)5-13(9)16(18)14-8-11-3-4-12(14)7-11/h5-6,11-12,14,16H,3-4,7-8H2,1-2H3. The highest BCUT2D eigenvalue weighted by atomic mass is 35.5. The van der Waals surface area contributed by atoms with E-state index in [9.17, 15) is 0 Å². The van der Waals surface area contributed by atoms with Gasteiger partial charge < -0.3 is 0 Å². The van der Waals surface area contributed by atoms with Gasteiger partial charge in [0.15, 0.2) is 0 Å². The van der Waals surface area contributed by atoms with E-state index >= 15 is 0 Å². The lowest BCUT2D eigenvalue weighted by molar-refractivity contribution is 0.323. The molecular formula is C16H20Cl2. The van der Waals surface area contributed by atoms with E-state index in [4.69, 9.17) is 23.2 Å². The maximum absolute atomic E-state index is 6.79. The fraction of sp³-hybridized carbons (Fsp3) is 0.625. The molecule has 3 rings (SSSR count). The molecule has 2 fully saturated rings. The first-order valence-electron chi connectivity index (χ1n) is 6.97. The topological polar surface area (TPSA) is 0 Å². The van der Waals surface area contributed by atoms with E-state index in [2.05, 4.69) is 26.0 Å². The van der Waals surface area contributed by atoms with Gasteiger partial charge in [0.25, 0.3) is 0 Å². The van der Waals surface area contributed by atoms with E-state index in [1.165, 1.54) is 36.8 Å². The third-order valence-corrected chi connectivity index (χ3v) is 5.98. The molecule has 0 N–H and O–H groups in total. The number of rotatable bonds is 2. The molecule has 1 aromatic carbocycles. The van der Waals surface area contributed by atoms with Gasteiger partial charge in [0.05, 0.1) is 5.38 Å². The molecule has 4 unspecified atom stereocenters. The maximum Gasteiger partial charge on any atom is 0.0618 e. The molecule has 18 heavy (non-hydrogen) atoms. The highest BCUT2D eigenvalue weighted by Gasteiger charge is 2.43. The van der Waals surface area contributed by atoms with Crippen LogP contribution in [0.5, 0.6) is 0 Å². The summed E-state index contributed by atoms with van der Waals surface area (Å²) in [6.07, 6.45) is 5.58. The van der Waals surface area contributed by atoms with Crippen LogP contribution in [0.25, 0.3) is 0 Å². The number of alkyl halides is 1. The van der Waals surface area contributed by atoms with Crippen LogP contribution in [0, 0.1) is 31.6 Å². The van der Waals surface area contributed by atoms with Crippen molar-refractivity contribution in [2.24, 2.45) is 17.8 Å². The van der Waals surface area contributed by atoms with Crippen LogP contribution in [0.4, 0.5) is 0 Å². The van der Waals surface area contributed by atoms with Crippen LogP contribution in [0.2, 0.25) is 5.02 Å². The molecule has 0 nitrogen and oxygen atoms in total. The van der Waals surface area contributed by atoms with Crippen molar-refractivity contribution in [1.82, 2.24) is 0 Å². The van der Waals surface area contributed by atoms with E-state index < -0.39 is 0 Å². The molecule has 0 radical (unpaired) electrons. The van der Waals surface area contributed by atoms with E-state index in [1.807, 2.05) is 0 Å². The van der Waals surface area contributed by atoms with Gasteiger partial charge in [-0.1, -0.05) is 24.1 Å². The second-order valence-electron chi connectivity index (χ2n) is 6.20. The van der Waals surface area contributed by atoms with Crippen LogP contribution in [0.3, 0.4) is 0 Å². The molecule has 2 bridgehead atoms. The summed E-state index contributed by atoms with van der Waals surface area (Å²) in [4.78, 5) is 0. The molecular weight excluding hydrogens is 263 g/mol. The van der Waals surface area contributed by atoms with Crippen molar-refractivity contribution >= 4 is 23.2 Å². The number of halogens is 2. The van der Waals surface area contributed by atoms with Crippen LogP contribution in [-0.4, -0.2) is 0 Å². The molecule has 0 aromatic heterocycles. The van der Waals surface area contributed by atoms with Crippen LogP contribution in [0.1, 0.15) is 47.8 Å². The first kappa shape index (κ1) is 12.8. The number of fused-ring (bicyclic) bond motifs is 2. The second kappa shape index (κ2) is 4.72. The van der Waals surface area contributed by atoms with E-state index in [0.717, 1.165) is 22.4 Å². The molecule has 0 saturated heterocycles. The molecule has 0 spiro atoms. The van der Waals surface area contributed by atoms with Gasteiger partial charge in [0.2, 0.25) is 0 Å². The summed E-state index contributed by atoms with van der Waals surface area (Å²) < 4.78 is 0. The van der Waals surface area contributed by atoms with Gasteiger partial charge in [-0.3, -0.25) is 0 Å². The first-order chi connectivity index (χ1) is 8.56. The molecule has 2 aliphatic carbocycles. The zero-order chi connectivity index (χ0) is 12.9. The summed E-state index contributed by atoms with van der Waals surface area (Å²) in [7, 11) is 0. The van der Waals surface area contributed by atoms with Gasteiger partial charge in [0.1, 0.15) is 0 Å². The molecule has 0 heterocycles. The van der Waals surface area contributed by atoms with Crippen LogP contribution >= 0.6 is 23.2 Å². The number of benzene rings is 1. The van der Waals surface area contributed by atoms with Crippen LogP contribution < -0.4 is 0 Å². The maximum atomic E-state index is 6.79. The molecule has 2 saturated carbocycles. The van der Waals surface area contributed by atoms with Crippen molar-refractivity contribution in [1.29, 1.82) is 0 Å². The SMILES string of the molecule is Cc1cc(C(Cl)C2CC3CCC2C3)c(C)cc1Cl. The summed E-state index contributed by atoms with van der Waals surface area (Å²) in [6.45, 7) is 4.19. The zero-order valence-corrected chi connectivity index (χ0v) is 12.6. The fourth-order valence-corrected chi connectivity index (χ4v) is 4.75. The smallest absolute Gasteiger partial charge is 0.0618 e. The molecule has 2 heteroatoms. The zero-order valence-electron chi connectivity index (χ0n) is 11.0. The monoisotopic (exact) mass is 282 g/mol. The molecule has 4 atom stereocenters. The van der Waals surface area contributed by atoms with Crippen molar-refractivity contribution < 1.29 is 0 Å². The van der Waals surface area contributed by atoms with Crippen molar-refractivity contribution in [3.8, 4) is 0 Å². The fourth-order valence-electron chi connectivity index (χ4n) is 3.98. The molecule has 98 valence electrons. The molecule has 0 aliphatic heterocycles.